The predicted octanol–water partition coefficient (Wildman–Crippen LogP) is 3.28. The Hall–Kier alpha value is -2.28. The first-order chi connectivity index (χ1) is 13.0. The van der Waals surface area contributed by atoms with Crippen molar-refractivity contribution in [1.82, 2.24) is 9.80 Å². The van der Waals surface area contributed by atoms with Gasteiger partial charge < -0.3 is 19.0 Å². The zero-order valence-electron chi connectivity index (χ0n) is 15.5. The molecule has 2 aromatic rings. The number of rotatable bonds is 5. The molecule has 27 heavy (non-hydrogen) atoms. The maximum Gasteiger partial charge on any atom is 0.290 e. The number of nitrogens with zero attached hydrogens (tertiary/aromatic N) is 2. The minimum atomic E-state index is -0.122. The van der Waals surface area contributed by atoms with Gasteiger partial charge in [0.15, 0.2) is 10.4 Å². The number of hydrogen-bond donors (Lipinski definition) is 0. The smallest absolute Gasteiger partial charge is 0.290 e. The number of carbonyl (C=O) groups excluding carboxylic acids is 2. The van der Waals surface area contributed by atoms with E-state index in [4.69, 9.17) is 9.15 Å². The quantitative estimate of drug-likeness (QED) is 0.724. The zero-order chi connectivity index (χ0) is 19.4. The van der Waals surface area contributed by atoms with Crippen molar-refractivity contribution in [2.75, 3.05) is 33.3 Å². The summed E-state index contributed by atoms with van der Waals surface area (Å²) >= 11 is 3.25. The second-order valence-electron chi connectivity index (χ2n) is 6.58. The second-order valence-corrected chi connectivity index (χ2v) is 7.37. The Morgan fingerprint density at radius 3 is 2.30 bits per heavy atom. The maximum atomic E-state index is 12.6. The summed E-state index contributed by atoms with van der Waals surface area (Å²) in [6.45, 7) is 3.98. The van der Waals surface area contributed by atoms with E-state index in [-0.39, 0.29) is 11.8 Å². The summed E-state index contributed by atoms with van der Waals surface area (Å²) < 4.78 is 11.1. The summed E-state index contributed by atoms with van der Waals surface area (Å²) in [5.41, 5.74) is 1.92. The standard InChI is InChI=1S/C20H23BrN2O4/c1-14-13-17(21)27-19(14)20(25)23-11-9-22(10-12-23)18(24)8-5-15-3-6-16(26-2)7-4-15/h3-4,6-7,13H,5,8-12H2,1-2H3. The van der Waals surface area contributed by atoms with E-state index >= 15 is 0 Å². The number of ether oxygens (including phenoxy) is 1. The van der Waals surface area contributed by atoms with E-state index in [1.165, 1.54) is 0 Å². The van der Waals surface area contributed by atoms with E-state index < -0.39 is 0 Å². The van der Waals surface area contributed by atoms with Crippen molar-refractivity contribution in [3.63, 3.8) is 0 Å². The molecule has 0 aliphatic carbocycles. The van der Waals surface area contributed by atoms with E-state index in [0.29, 0.717) is 49.5 Å². The van der Waals surface area contributed by atoms with Gasteiger partial charge in [0.1, 0.15) is 5.75 Å². The number of hydrogen-bond acceptors (Lipinski definition) is 4. The number of piperazine rings is 1. The number of furan rings is 1. The van der Waals surface area contributed by atoms with Gasteiger partial charge in [-0.3, -0.25) is 9.59 Å². The van der Waals surface area contributed by atoms with E-state index in [1.807, 2.05) is 36.1 Å². The van der Waals surface area contributed by atoms with Crippen LogP contribution in [0.2, 0.25) is 0 Å². The van der Waals surface area contributed by atoms with Crippen LogP contribution in [0, 0.1) is 6.92 Å². The van der Waals surface area contributed by atoms with E-state index in [9.17, 15) is 9.59 Å². The average molecular weight is 435 g/mol. The van der Waals surface area contributed by atoms with Crippen LogP contribution in [0.4, 0.5) is 0 Å². The number of methoxy groups -OCH3 is 1. The monoisotopic (exact) mass is 434 g/mol. The molecule has 2 amide bonds. The topological polar surface area (TPSA) is 63.0 Å². The molecule has 1 aliphatic heterocycles. The molecule has 0 unspecified atom stereocenters. The third kappa shape index (κ3) is 4.71. The van der Waals surface area contributed by atoms with Crippen LogP contribution in [-0.4, -0.2) is 54.9 Å². The molecule has 1 aliphatic rings. The van der Waals surface area contributed by atoms with Crippen molar-refractivity contribution < 1.29 is 18.7 Å². The first-order valence-corrected chi connectivity index (χ1v) is 9.73. The highest BCUT2D eigenvalue weighted by molar-refractivity contribution is 9.10. The zero-order valence-corrected chi connectivity index (χ0v) is 17.1. The lowest BCUT2D eigenvalue weighted by atomic mass is 10.1. The highest BCUT2D eigenvalue weighted by Crippen LogP contribution is 2.22. The minimum absolute atomic E-state index is 0.120. The van der Waals surface area contributed by atoms with E-state index in [2.05, 4.69) is 15.9 Å². The minimum Gasteiger partial charge on any atom is -0.497 e. The highest BCUT2D eigenvalue weighted by Gasteiger charge is 2.27. The van der Waals surface area contributed by atoms with Crippen LogP contribution in [0.5, 0.6) is 5.75 Å². The predicted molar refractivity (Wildman–Crippen MR) is 105 cm³/mol. The largest absolute Gasteiger partial charge is 0.497 e. The lowest BCUT2D eigenvalue weighted by molar-refractivity contribution is -0.132. The Morgan fingerprint density at radius 1 is 1.11 bits per heavy atom. The molecular formula is C20H23BrN2O4. The van der Waals surface area contributed by atoms with Gasteiger partial charge in [-0.2, -0.15) is 0 Å². The summed E-state index contributed by atoms with van der Waals surface area (Å²) in [6, 6.07) is 9.55. The molecule has 144 valence electrons. The number of aryl methyl sites for hydroxylation is 2. The van der Waals surface area contributed by atoms with Crippen LogP contribution in [0.15, 0.2) is 39.4 Å². The SMILES string of the molecule is COc1ccc(CCC(=O)N2CCN(C(=O)c3oc(Br)cc3C)CC2)cc1. The molecule has 0 bridgehead atoms. The second kappa shape index (κ2) is 8.61. The molecule has 3 rings (SSSR count). The van der Waals surface area contributed by atoms with Crippen molar-refractivity contribution in [2.24, 2.45) is 0 Å². The molecule has 0 atom stereocenters. The lowest BCUT2D eigenvalue weighted by Gasteiger charge is -2.34. The van der Waals surface area contributed by atoms with E-state index in [1.54, 1.807) is 18.1 Å². The van der Waals surface area contributed by atoms with Crippen molar-refractivity contribution in [2.45, 2.75) is 19.8 Å². The van der Waals surface area contributed by atoms with Crippen molar-refractivity contribution >= 4 is 27.7 Å². The van der Waals surface area contributed by atoms with Crippen molar-refractivity contribution in [1.29, 1.82) is 0 Å². The number of amides is 2. The Morgan fingerprint density at radius 2 is 1.74 bits per heavy atom. The normalized spacial score (nSPS) is 14.3. The fourth-order valence-electron chi connectivity index (χ4n) is 3.16. The Bertz CT molecular complexity index is 808. The van der Waals surface area contributed by atoms with Gasteiger partial charge in [0.05, 0.1) is 7.11 Å². The first kappa shape index (κ1) is 19.5. The number of carbonyl (C=O) groups is 2. The van der Waals surface area contributed by atoms with Gasteiger partial charge in [-0.25, -0.2) is 0 Å². The first-order valence-electron chi connectivity index (χ1n) is 8.94. The molecule has 1 aromatic heterocycles. The van der Waals surface area contributed by atoms with Crippen LogP contribution in [-0.2, 0) is 11.2 Å². The highest BCUT2D eigenvalue weighted by atomic mass is 79.9. The molecule has 1 fully saturated rings. The van der Waals surface area contributed by atoms with Crippen LogP contribution in [0.1, 0.15) is 28.1 Å². The van der Waals surface area contributed by atoms with Gasteiger partial charge in [0.2, 0.25) is 5.91 Å². The molecule has 2 heterocycles. The van der Waals surface area contributed by atoms with Crippen LogP contribution in [0.25, 0.3) is 0 Å². The Balaban J connectivity index is 1.48. The van der Waals surface area contributed by atoms with Gasteiger partial charge in [0.25, 0.3) is 5.91 Å². The Labute approximate surface area is 167 Å². The summed E-state index contributed by atoms with van der Waals surface area (Å²) in [6.07, 6.45) is 1.16. The number of benzene rings is 1. The average Bonchev–Trinajstić information content (AvgIpc) is 3.04. The summed E-state index contributed by atoms with van der Waals surface area (Å²) in [4.78, 5) is 28.6. The molecule has 0 radical (unpaired) electrons. The van der Waals surface area contributed by atoms with Gasteiger partial charge in [-0.15, -0.1) is 0 Å². The third-order valence-electron chi connectivity index (χ3n) is 4.79. The third-order valence-corrected chi connectivity index (χ3v) is 5.18. The van der Waals surface area contributed by atoms with Crippen LogP contribution < -0.4 is 4.74 Å². The van der Waals surface area contributed by atoms with Crippen molar-refractivity contribution in [3.8, 4) is 5.75 Å². The molecule has 1 saturated heterocycles. The van der Waals surface area contributed by atoms with Gasteiger partial charge >= 0.3 is 0 Å². The molecule has 7 heteroatoms. The van der Waals surface area contributed by atoms with Crippen LogP contribution in [0.3, 0.4) is 0 Å². The molecule has 1 aromatic carbocycles. The number of halogens is 1. The van der Waals surface area contributed by atoms with Gasteiger partial charge in [-0.1, -0.05) is 12.1 Å². The maximum absolute atomic E-state index is 12.6. The fraction of sp³-hybridized carbons (Fsp3) is 0.400. The summed E-state index contributed by atoms with van der Waals surface area (Å²) in [7, 11) is 1.63. The summed E-state index contributed by atoms with van der Waals surface area (Å²) in [5, 5.41) is 0. The molecule has 6 nitrogen and oxygen atoms in total. The van der Waals surface area contributed by atoms with E-state index in [0.717, 1.165) is 16.9 Å². The molecule has 0 spiro atoms. The molecular weight excluding hydrogens is 412 g/mol. The summed E-state index contributed by atoms with van der Waals surface area (Å²) in [5.74, 6) is 1.17. The molecule has 0 N–H and O–H groups in total. The van der Waals surface area contributed by atoms with Gasteiger partial charge in [0, 0.05) is 38.2 Å². The lowest BCUT2D eigenvalue weighted by Crippen LogP contribution is -2.50. The molecule has 0 saturated carbocycles. The van der Waals surface area contributed by atoms with Crippen molar-refractivity contribution in [3.05, 3.63) is 51.9 Å². The van der Waals surface area contributed by atoms with Crippen LogP contribution >= 0.6 is 15.9 Å². The van der Waals surface area contributed by atoms with Gasteiger partial charge in [-0.05, 0) is 53.0 Å². The fourth-order valence-corrected chi connectivity index (χ4v) is 3.66. The Kier molecular flexibility index (Phi) is 6.21.